The van der Waals surface area contributed by atoms with Gasteiger partial charge in [-0.2, -0.15) is 0 Å². The molecule has 0 spiro atoms. The lowest BCUT2D eigenvalue weighted by Crippen LogP contribution is -2.47. The zero-order valence-electron chi connectivity index (χ0n) is 14.3. The highest BCUT2D eigenvalue weighted by molar-refractivity contribution is 7.15. The second-order valence-corrected chi connectivity index (χ2v) is 7.59. The molecule has 23 heavy (non-hydrogen) atoms. The fraction of sp³-hybridized carbons (Fsp3) is 0.750. The highest BCUT2D eigenvalue weighted by Gasteiger charge is 2.28. The van der Waals surface area contributed by atoms with E-state index in [4.69, 9.17) is 0 Å². The largest absolute Gasteiger partial charge is 0.337 e. The zero-order valence-corrected chi connectivity index (χ0v) is 15.2. The number of piperidine rings is 1. The van der Waals surface area contributed by atoms with Crippen LogP contribution in [0.15, 0.2) is 0 Å². The van der Waals surface area contributed by atoms with Gasteiger partial charge in [0.25, 0.3) is 0 Å². The number of carbonyl (C=O) groups is 2. The average molecular weight is 338 g/mol. The summed E-state index contributed by atoms with van der Waals surface area (Å²) < 4.78 is 0. The maximum absolute atomic E-state index is 12.4. The number of hydrogen-bond acceptors (Lipinski definition) is 5. The molecule has 1 N–H and O–H groups in total. The third-order valence-electron chi connectivity index (χ3n) is 4.23. The minimum Gasteiger partial charge on any atom is -0.337 e. The summed E-state index contributed by atoms with van der Waals surface area (Å²) in [6.45, 7) is 8.24. The molecule has 0 bridgehead atoms. The Bertz CT molecular complexity index is 548. The van der Waals surface area contributed by atoms with Crippen LogP contribution in [0.3, 0.4) is 0 Å². The summed E-state index contributed by atoms with van der Waals surface area (Å²) >= 11 is 1.38. The van der Waals surface area contributed by atoms with Crippen LogP contribution in [0, 0.1) is 0 Å². The first-order valence-corrected chi connectivity index (χ1v) is 9.14. The van der Waals surface area contributed by atoms with Gasteiger partial charge in [0.1, 0.15) is 5.01 Å². The Labute approximate surface area is 141 Å². The molecule has 1 aromatic heterocycles. The Morgan fingerprint density at radius 2 is 1.87 bits per heavy atom. The maximum Gasteiger partial charge on any atom is 0.226 e. The summed E-state index contributed by atoms with van der Waals surface area (Å²) in [6.07, 6.45) is 3.69. The summed E-state index contributed by atoms with van der Waals surface area (Å²) in [4.78, 5) is 26.3. The predicted octanol–water partition coefficient (Wildman–Crippen LogP) is 3.17. The Hall–Kier alpha value is -1.50. The second-order valence-electron chi connectivity index (χ2n) is 6.58. The molecule has 1 aromatic rings. The van der Waals surface area contributed by atoms with Crippen LogP contribution >= 0.6 is 11.3 Å². The summed E-state index contributed by atoms with van der Waals surface area (Å²) in [5, 5.41) is 12.1. The third-order valence-corrected chi connectivity index (χ3v) is 5.37. The molecule has 0 aromatic carbocycles. The van der Waals surface area contributed by atoms with Crippen molar-refractivity contribution in [3.63, 3.8) is 0 Å². The van der Waals surface area contributed by atoms with Crippen molar-refractivity contribution in [2.24, 2.45) is 0 Å². The molecule has 1 fully saturated rings. The second kappa shape index (κ2) is 7.86. The number of anilines is 1. The molecule has 7 heteroatoms. The van der Waals surface area contributed by atoms with Gasteiger partial charge in [0.15, 0.2) is 0 Å². The molecule has 2 rings (SSSR count). The van der Waals surface area contributed by atoms with Gasteiger partial charge in [0, 0.05) is 30.8 Å². The molecular formula is C16H26N4O2S. The summed E-state index contributed by atoms with van der Waals surface area (Å²) in [5.41, 5.74) is 0. The van der Waals surface area contributed by atoms with E-state index >= 15 is 0 Å². The number of nitrogens with zero attached hydrogens (tertiary/aromatic N) is 3. The van der Waals surface area contributed by atoms with Crippen LogP contribution in [0.1, 0.15) is 70.7 Å². The minimum atomic E-state index is -0.179. The van der Waals surface area contributed by atoms with E-state index in [1.165, 1.54) is 17.8 Å². The first kappa shape index (κ1) is 17.8. The van der Waals surface area contributed by atoms with Gasteiger partial charge in [-0.15, -0.1) is 10.2 Å². The van der Waals surface area contributed by atoms with E-state index in [-0.39, 0.29) is 36.7 Å². The molecule has 0 unspecified atom stereocenters. The Morgan fingerprint density at radius 3 is 2.43 bits per heavy atom. The van der Waals surface area contributed by atoms with Crippen LogP contribution < -0.4 is 5.32 Å². The van der Waals surface area contributed by atoms with E-state index in [1.54, 1.807) is 0 Å². The molecule has 2 amide bonds. The molecule has 1 aliphatic heterocycles. The van der Waals surface area contributed by atoms with E-state index in [9.17, 15) is 9.59 Å². The molecule has 0 radical (unpaired) electrons. The SMILES string of the molecule is CC(C)c1nnc(NC(=O)CCC(=O)N2[C@H](C)CCC[C@H]2C)s1. The highest BCUT2D eigenvalue weighted by Crippen LogP contribution is 2.24. The normalized spacial score (nSPS) is 21.5. The molecule has 2 atom stereocenters. The fourth-order valence-electron chi connectivity index (χ4n) is 2.96. The van der Waals surface area contributed by atoms with Crippen LogP contribution in [0.2, 0.25) is 0 Å². The van der Waals surface area contributed by atoms with Gasteiger partial charge in [-0.25, -0.2) is 0 Å². The number of aromatic nitrogens is 2. The van der Waals surface area contributed by atoms with E-state index in [1.807, 2.05) is 18.7 Å². The van der Waals surface area contributed by atoms with Gasteiger partial charge in [-0.05, 0) is 33.1 Å². The molecule has 1 saturated heterocycles. The number of amides is 2. The number of hydrogen-bond donors (Lipinski definition) is 1. The minimum absolute atomic E-state index is 0.0694. The van der Waals surface area contributed by atoms with Crippen molar-refractivity contribution in [3.05, 3.63) is 5.01 Å². The van der Waals surface area contributed by atoms with Crippen molar-refractivity contribution < 1.29 is 9.59 Å². The first-order valence-electron chi connectivity index (χ1n) is 8.33. The van der Waals surface area contributed by atoms with Crippen molar-refractivity contribution in [2.75, 3.05) is 5.32 Å². The van der Waals surface area contributed by atoms with Crippen molar-refractivity contribution in [2.45, 2.75) is 77.8 Å². The molecule has 1 aliphatic rings. The Kier molecular flexibility index (Phi) is 6.10. The average Bonchev–Trinajstić information content (AvgIpc) is 2.93. The number of likely N-dealkylation sites (tertiary alicyclic amines) is 1. The van der Waals surface area contributed by atoms with Gasteiger partial charge in [-0.1, -0.05) is 25.2 Å². The number of rotatable bonds is 5. The summed E-state index contributed by atoms with van der Waals surface area (Å²) in [7, 11) is 0. The predicted molar refractivity (Wildman–Crippen MR) is 91.5 cm³/mol. The van der Waals surface area contributed by atoms with Crippen LogP contribution in [-0.4, -0.2) is 39.0 Å². The van der Waals surface area contributed by atoms with Gasteiger partial charge >= 0.3 is 0 Å². The zero-order chi connectivity index (χ0) is 17.0. The van der Waals surface area contributed by atoms with Crippen LogP contribution in [0.4, 0.5) is 5.13 Å². The lowest BCUT2D eigenvalue weighted by atomic mass is 9.97. The first-order chi connectivity index (χ1) is 10.9. The molecule has 2 heterocycles. The smallest absolute Gasteiger partial charge is 0.226 e. The van der Waals surface area contributed by atoms with Gasteiger partial charge in [-0.3, -0.25) is 9.59 Å². The van der Waals surface area contributed by atoms with E-state index in [2.05, 4.69) is 29.4 Å². The number of carbonyl (C=O) groups excluding carboxylic acids is 2. The van der Waals surface area contributed by atoms with Crippen LogP contribution in [0.25, 0.3) is 0 Å². The van der Waals surface area contributed by atoms with Crippen molar-refractivity contribution >= 4 is 28.3 Å². The van der Waals surface area contributed by atoms with E-state index in [0.29, 0.717) is 11.0 Å². The maximum atomic E-state index is 12.4. The third kappa shape index (κ3) is 4.73. The molecule has 0 saturated carbocycles. The summed E-state index contributed by atoms with van der Waals surface area (Å²) in [5.74, 6) is 0.184. The Morgan fingerprint density at radius 1 is 1.22 bits per heavy atom. The van der Waals surface area contributed by atoms with Gasteiger partial charge in [0.2, 0.25) is 16.9 Å². The van der Waals surface area contributed by atoms with Crippen LogP contribution in [-0.2, 0) is 9.59 Å². The standard InChI is InChI=1S/C16H26N4O2S/c1-10(2)15-18-19-16(23-15)17-13(21)8-9-14(22)20-11(3)6-5-7-12(20)4/h10-12H,5-9H2,1-4H3,(H,17,19,21)/t11-,12-/m1/s1. The molecule has 128 valence electrons. The lowest BCUT2D eigenvalue weighted by molar-refractivity contribution is -0.138. The lowest BCUT2D eigenvalue weighted by Gasteiger charge is -2.39. The fourth-order valence-corrected chi connectivity index (χ4v) is 3.72. The summed E-state index contributed by atoms with van der Waals surface area (Å²) in [6, 6.07) is 0.539. The van der Waals surface area contributed by atoms with Crippen LogP contribution in [0.5, 0.6) is 0 Å². The monoisotopic (exact) mass is 338 g/mol. The molecule has 0 aliphatic carbocycles. The topological polar surface area (TPSA) is 75.2 Å². The highest BCUT2D eigenvalue weighted by atomic mass is 32.1. The number of nitrogens with one attached hydrogen (secondary N) is 1. The van der Waals surface area contributed by atoms with E-state index < -0.39 is 0 Å². The van der Waals surface area contributed by atoms with Gasteiger partial charge in [0.05, 0.1) is 0 Å². The van der Waals surface area contributed by atoms with E-state index in [0.717, 1.165) is 17.8 Å². The molecule has 6 nitrogen and oxygen atoms in total. The van der Waals surface area contributed by atoms with Gasteiger partial charge < -0.3 is 10.2 Å². The quantitative estimate of drug-likeness (QED) is 0.895. The Balaban J connectivity index is 1.82. The molecular weight excluding hydrogens is 312 g/mol. The van der Waals surface area contributed by atoms with Crippen molar-refractivity contribution in [1.29, 1.82) is 0 Å². The van der Waals surface area contributed by atoms with Crippen molar-refractivity contribution in [1.82, 2.24) is 15.1 Å². The van der Waals surface area contributed by atoms with Crippen molar-refractivity contribution in [3.8, 4) is 0 Å².